The van der Waals surface area contributed by atoms with E-state index in [1.165, 1.54) is 0 Å². The minimum atomic E-state index is 0.796. The number of nitrogen functional groups attached to an aromatic ring is 1. The standard InChI is InChI=1S/C12H18N6S/c1-9-10(13)11(16(2)15-9)17-4-6-18(7-5-17)12-14-3-8-19-12/h3,8H,4-7,13H2,1-2H3. The number of aryl methyl sites for hydroxylation is 2. The van der Waals surface area contributed by atoms with Gasteiger partial charge in [0.05, 0.1) is 11.4 Å². The lowest BCUT2D eigenvalue weighted by Gasteiger charge is -2.35. The van der Waals surface area contributed by atoms with E-state index in [0.29, 0.717) is 0 Å². The largest absolute Gasteiger partial charge is 0.394 e. The Morgan fingerprint density at radius 2 is 1.89 bits per heavy atom. The highest BCUT2D eigenvalue weighted by molar-refractivity contribution is 7.13. The maximum Gasteiger partial charge on any atom is 0.185 e. The zero-order valence-corrected chi connectivity index (χ0v) is 12.0. The molecule has 2 aromatic rings. The minimum absolute atomic E-state index is 0.796. The summed E-state index contributed by atoms with van der Waals surface area (Å²) in [6.07, 6.45) is 1.86. The highest BCUT2D eigenvalue weighted by Crippen LogP contribution is 2.27. The highest BCUT2D eigenvalue weighted by Gasteiger charge is 2.23. The number of aromatic nitrogens is 3. The molecule has 2 aromatic heterocycles. The van der Waals surface area contributed by atoms with E-state index in [1.807, 2.05) is 30.2 Å². The first-order valence-corrected chi connectivity index (χ1v) is 7.23. The Balaban J connectivity index is 1.73. The van der Waals surface area contributed by atoms with Crippen molar-refractivity contribution in [3.05, 3.63) is 17.3 Å². The van der Waals surface area contributed by atoms with Crippen molar-refractivity contribution >= 4 is 28.0 Å². The highest BCUT2D eigenvalue weighted by atomic mass is 32.1. The van der Waals surface area contributed by atoms with Gasteiger partial charge in [-0.2, -0.15) is 5.10 Å². The van der Waals surface area contributed by atoms with Gasteiger partial charge in [-0.25, -0.2) is 4.98 Å². The van der Waals surface area contributed by atoms with Crippen LogP contribution in [0.3, 0.4) is 0 Å². The first-order valence-electron chi connectivity index (χ1n) is 6.35. The van der Waals surface area contributed by atoms with Crippen molar-refractivity contribution in [1.29, 1.82) is 0 Å². The van der Waals surface area contributed by atoms with E-state index >= 15 is 0 Å². The van der Waals surface area contributed by atoms with Crippen LogP contribution in [0.4, 0.5) is 16.6 Å². The second-order valence-corrected chi connectivity index (χ2v) is 5.61. The van der Waals surface area contributed by atoms with Crippen molar-refractivity contribution in [3.63, 3.8) is 0 Å². The summed E-state index contributed by atoms with van der Waals surface area (Å²) in [4.78, 5) is 8.99. The Labute approximate surface area is 116 Å². The second kappa shape index (κ2) is 4.73. The van der Waals surface area contributed by atoms with Gasteiger partial charge < -0.3 is 15.5 Å². The van der Waals surface area contributed by atoms with Crippen LogP contribution in [0.25, 0.3) is 0 Å². The fourth-order valence-electron chi connectivity index (χ4n) is 2.52. The van der Waals surface area contributed by atoms with Gasteiger partial charge in [0.15, 0.2) is 10.9 Å². The minimum Gasteiger partial charge on any atom is -0.394 e. The van der Waals surface area contributed by atoms with Gasteiger partial charge in [0.2, 0.25) is 0 Å². The Kier molecular flexibility index (Phi) is 3.06. The summed E-state index contributed by atoms with van der Waals surface area (Å²) in [5.74, 6) is 1.04. The van der Waals surface area contributed by atoms with Crippen LogP contribution < -0.4 is 15.5 Å². The summed E-state index contributed by atoms with van der Waals surface area (Å²) in [6.45, 7) is 5.78. The summed E-state index contributed by atoms with van der Waals surface area (Å²) in [7, 11) is 1.95. The van der Waals surface area contributed by atoms with E-state index in [-0.39, 0.29) is 0 Å². The number of anilines is 3. The summed E-state index contributed by atoms with van der Waals surface area (Å²) in [5.41, 5.74) is 7.81. The average molecular weight is 278 g/mol. The van der Waals surface area contributed by atoms with Gasteiger partial charge in [0, 0.05) is 44.8 Å². The van der Waals surface area contributed by atoms with Crippen molar-refractivity contribution in [2.24, 2.45) is 7.05 Å². The molecule has 0 aromatic carbocycles. The van der Waals surface area contributed by atoms with Crippen molar-refractivity contribution in [1.82, 2.24) is 14.8 Å². The zero-order valence-electron chi connectivity index (χ0n) is 11.2. The van der Waals surface area contributed by atoms with Gasteiger partial charge in [0.1, 0.15) is 0 Å². The number of piperazine rings is 1. The van der Waals surface area contributed by atoms with E-state index in [1.54, 1.807) is 11.3 Å². The van der Waals surface area contributed by atoms with Crippen LogP contribution in [0.1, 0.15) is 5.69 Å². The molecule has 1 saturated heterocycles. The Morgan fingerprint density at radius 3 is 2.42 bits per heavy atom. The molecule has 0 spiro atoms. The quantitative estimate of drug-likeness (QED) is 0.891. The third kappa shape index (κ3) is 2.14. The maximum atomic E-state index is 6.11. The number of nitrogens with two attached hydrogens (primary N) is 1. The summed E-state index contributed by atoms with van der Waals surface area (Å²) in [5, 5.41) is 7.50. The first kappa shape index (κ1) is 12.3. The summed E-state index contributed by atoms with van der Waals surface area (Å²) < 4.78 is 1.88. The number of rotatable bonds is 2. The molecule has 2 N–H and O–H groups in total. The Hall–Kier alpha value is -1.76. The predicted octanol–water partition coefficient (Wildman–Crippen LogP) is 1.09. The van der Waals surface area contributed by atoms with Gasteiger partial charge >= 0.3 is 0 Å². The van der Waals surface area contributed by atoms with Crippen LogP contribution >= 0.6 is 11.3 Å². The second-order valence-electron chi connectivity index (χ2n) is 4.74. The van der Waals surface area contributed by atoms with Crippen molar-refractivity contribution in [2.45, 2.75) is 6.92 Å². The molecule has 102 valence electrons. The molecule has 0 unspecified atom stereocenters. The van der Waals surface area contributed by atoms with Crippen molar-refractivity contribution < 1.29 is 0 Å². The summed E-state index contributed by atoms with van der Waals surface area (Å²) >= 11 is 1.69. The van der Waals surface area contributed by atoms with Gasteiger partial charge in [-0.3, -0.25) is 4.68 Å². The van der Waals surface area contributed by atoms with E-state index in [2.05, 4.69) is 19.9 Å². The maximum absolute atomic E-state index is 6.11. The molecule has 0 amide bonds. The lowest BCUT2D eigenvalue weighted by atomic mass is 10.3. The van der Waals surface area contributed by atoms with Gasteiger partial charge in [-0.15, -0.1) is 11.3 Å². The molecule has 0 radical (unpaired) electrons. The van der Waals surface area contributed by atoms with Gasteiger partial charge in [0.25, 0.3) is 0 Å². The smallest absolute Gasteiger partial charge is 0.185 e. The topological polar surface area (TPSA) is 63.2 Å². The third-order valence-electron chi connectivity index (χ3n) is 3.51. The molecule has 7 heteroatoms. The summed E-state index contributed by atoms with van der Waals surface area (Å²) in [6, 6.07) is 0. The Morgan fingerprint density at radius 1 is 1.21 bits per heavy atom. The molecule has 1 aliphatic rings. The average Bonchev–Trinajstić information content (AvgIpc) is 3.00. The number of hydrogen-bond donors (Lipinski definition) is 1. The fourth-order valence-corrected chi connectivity index (χ4v) is 3.22. The lowest BCUT2D eigenvalue weighted by Crippen LogP contribution is -2.47. The SMILES string of the molecule is Cc1nn(C)c(N2CCN(c3nccs3)CC2)c1N. The van der Waals surface area contributed by atoms with E-state index in [4.69, 9.17) is 5.73 Å². The molecular formula is C12H18N6S. The number of thiazole rings is 1. The monoisotopic (exact) mass is 278 g/mol. The molecular weight excluding hydrogens is 260 g/mol. The molecule has 0 atom stereocenters. The molecule has 6 nitrogen and oxygen atoms in total. The van der Waals surface area contributed by atoms with Crippen LogP contribution in [0.2, 0.25) is 0 Å². The number of hydrogen-bond acceptors (Lipinski definition) is 6. The molecule has 0 aliphatic carbocycles. The van der Waals surface area contributed by atoms with Crippen LogP contribution in [0.15, 0.2) is 11.6 Å². The molecule has 3 rings (SSSR count). The molecule has 19 heavy (non-hydrogen) atoms. The Bertz CT molecular complexity index is 553. The molecule has 3 heterocycles. The normalized spacial score (nSPS) is 16.1. The zero-order chi connectivity index (χ0) is 13.4. The molecule has 0 saturated carbocycles. The van der Waals surface area contributed by atoms with E-state index in [0.717, 1.165) is 48.5 Å². The van der Waals surface area contributed by atoms with Crippen molar-refractivity contribution in [3.8, 4) is 0 Å². The van der Waals surface area contributed by atoms with Crippen LogP contribution in [-0.2, 0) is 7.05 Å². The van der Waals surface area contributed by atoms with E-state index in [9.17, 15) is 0 Å². The molecule has 0 bridgehead atoms. The van der Waals surface area contributed by atoms with Gasteiger partial charge in [-0.05, 0) is 6.92 Å². The van der Waals surface area contributed by atoms with Crippen LogP contribution in [0.5, 0.6) is 0 Å². The lowest BCUT2D eigenvalue weighted by molar-refractivity contribution is 0.623. The van der Waals surface area contributed by atoms with E-state index < -0.39 is 0 Å². The first-order chi connectivity index (χ1) is 9.16. The van der Waals surface area contributed by atoms with Crippen LogP contribution in [-0.4, -0.2) is 40.9 Å². The van der Waals surface area contributed by atoms with Crippen LogP contribution in [0, 0.1) is 6.92 Å². The third-order valence-corrected chi connectivity index (χ3v) is 4.34. The molecule has 1 fully saturated rings. The predicted molar refractivity (Wildman–Crippen MR) is 78.9 cm³/mol. The number of nitrogens with zero attached hydrogens (tertiary/aromatic N) is 5. The van der Waals surface area contributed by atoms with Crippen molar-refractivity contribution in [2.75, 3.05) is 41.7 Å². The van der Waals surface area contributed by atoms with Gasteiger partial charge in [-0.1, -0.05) is 0 Å². The fraction of sp³-hybridized carbons (Fsp3) is 0.500. The molecule has 1 aliphatic heterocycles.